The van der Waals surface area contributed by atoms with Gasteiger partial charge in [-0.15, -0.1) is 0 Å². The van der Waals surface area contributed by atoms with Gasteiger partial charge in [-0.05, 0) is 22.4 Å². The first-order valence-electron chi connectivity index (χ1n) is 5.35. The van der Waals surface area contributed by atoms with Crippen LogP contribution in [0.3, 0.4) is 0 Å². The third-order valence-electron chi connectivity index (χ3n) is 2.59. The molecule has 0 fully saturated rings. The zero-order valence-electron chi connectivity index (χ0n) is 9.90. The van der Waals surface area contributed by atoms with Crippen LogP contribution in [0.2, 0.25) is 0 Å². The van der Waals surface area contributed by atoms with E-state index in [2.05, 4.69) is 40.3 Å². The maximum Gasteiger partial charge on any atom is 0.0730 e. The van der Waals surface area contributed by atoms with E-state index in [1.807, 2.05) is 23.5 Å². The van der Waals surface area contributed by atoms with Gasteiger partial charge in [0, 0.05) is 18.1 Å². The van der Waals surface area contributed by atoms with E-state index in [4.69, 9.17) is 5.84 Å². The predicted octanol–water partition coefficient (Wildman–Crippen LogP) is 2.22. The van der Waals surface area contributed by atoms with Gasteiger partial charge < -0.3 is 0 Å². The lowest BCUT2D eigenvalue weighted by atomic mass is 10.2. The summed E-state index contributed by atoms with van der Waals surface area (Å²) >= 11 is 5.41. The Kier molecular flexibility index (Phi) is 5.82. The fraction of sp³-hybridized carbons (Fsp3) is 0.700. The summed E-state index contributed by atoms with van der Waals surface area (Å²) in [5, 5.41) is 4.85. The molecule has 2 atom stereocenters. The van der Waals surface area contributed by atoms with Crippen molar-refractivity contribution in [1.82, 2.24) is 15.2 Å². The van der Waals surface area contributed by atoms with Gasteiger partial charge in [-0.3, -0.25) is 16.0 Å². The standard InChI is InChI=1S/C10H19BrN4S/c1-4-7(2)16-6-9(14-12)10-8(11)5-13-15(10)3/h5,7,9,14H,4,6,12H2,1-3H3. The van der Waals surface area contributed by atoms with Gasteiger partial charge in [0.1, 0.15) is 0 Å². The molecule has 6 heteroatoms. The van der Waals surface area contributed by atoms with E-state index >= 15 is 0 Å². The van der Waals surface area contributed by atoms with Crippen LogP contribution < -0.4 is 11.3 Å². The number of rotatable bonds is 6. The highest BCUT2D eigenvalue weighted by Crippen LogP contribution is 2.26. The first-order valence-corrected chi connectivity index (χ1v) is 7.19. The number of hydrazine groups is 1. The number of nitrogens with one attached hydrogen (secondary N) is 1. The molecule has 0 aliphatic heterocycles. The van der Waals surface area contributed by atoms with Gasteiger partial charge in [-0.1, -0.05) is 13.8 Å². The van der Waals surface area contributed by atoms with Crippen molar-refractivity contribution in [3.63, 3.8) is 0 Å². The van der Waals surface area contributed by atoms with Gasteiger partial charge in [-0.2, -0.15) is 16.9 Å². The Morgan fingerprint density at radius 2 is 2.38 bits per heavy atom. The average molecular weight is 307 g/mol. The van der Waals surface area contributed by atoms with E-state index < -0.39 is 0 Å². The SMILES string of the molecule is CCC(C)SCC(NN)c1c(Br)cnn1C. The largest absolute Gasteiger partial charge is 0.271 e. The first kappa shape index (κ1) is 14.0. The Labute approximate surface area is 109 Å². The number of hydrogen-bond acceptors (Lipinski definition) is 4. The second-order valence-electron chi connectivity index (χ2n) is 3.77. The molecule has 1 aromatic heterocycles. The van der Waals surface area contributed by atoms with Gasteiger partial charge >= 0.3 is 0 Å². The molecule has 1 rings (SSSR count). The van der Waals surface area contributed by atoms with E-state index in [0.29, 0.717) is 5.25 Å². The van der Waals surface area contributed by atoms with Crippen LogP contribution in [0.4, 0.5) is 0 Å². The molecule has 16 heavy (non-hydrogen) atoms. The average Bonchev–Trinajstić information content (AvgIpc) is 2.61. The summed E-state index contributed by atoms with van der Waals surface area (Å²) in [7, 11) is 1.93. The molecule has 0 saturated heterocycles. The molecule has 3 N–H and O–H groups in total. The monoisotopic (exact) mass is 306 g/mol. The molecule has 92 valence electrons. The molecule has 0 spiro atoms. The molecule has 0 aliphatic carbocycles. The van der Waals surface area contributed by atoms with Crippen LogP contribution in [0.1, 0.15) is 32.0 Å². The van der Waals surface area contributed by atoms with Crippen molar-refractivity contribution in [2.24, 2.45) is 12.9 Å². The Morgan fingerprint density at radius 3 is 2.81 bits per heavy atom. The Morgan fingerprint density at radius 1 is 1.69 bits per heavy atom. The van der Waals surface area contributed by atoms with E-state index in [9.17, 15) is 0 Å². The minimum atomic E-state index is 0.126. The molecule has 1 aromatic rings. The second-order valence-corrected chi connectivity index (χ2v) is 6.10. The second kappa shape index (κ2) is 6.64. The maximum absolute atomic E-state index is 5.60. The number of thioether (sulfide) groups is 1. The highest BCUT2D eigenvalue weighted by atomic mass is 79.9. The first-order chi connectivity index (χ1) is 7.60. The summed E-state index contributed by atoms with van der Waals surface area (Å²) in [6, 6.07) is 0.126. The van der Waals surface area contributed by atoms with Crippen molar-refractivity contribution in [2.75, 3.05) is 5.75 Å². The Hall–Kier alpha value is -0.0400. The smallest absolute Gasteiger partial charge is 0.0730 e. The van der Waals surface area contributed by atoms with E-state index in [1.165, 1.54) is 6.42 Å². The van der Waals surface area contributed by atoms with Crippen LogP contribution in [0.25, 0.3) is 0 Å². The van der Waals surface area contributed by atoms with Crippen molar-refractivity contribution in [1.29, 1.82) is 0 Å². The number of nitrogens with two attached hydrogens (primary N) is 1. The lowest BCUT2D eigenvalue weighted by Crippen LogP contribution is -2.31. The quantitative estimate of drug-likeness (QED) is 0.625. The summed E-state index contributed by atoms with van der Waals surface area (Å²) in [6.45, 7) is 4.43. The van der Waals surface area contributed by atoms with E-state index in [-0.39, 0.29) is 6.04 Å². The molecule has 4 nitrogen and oxygen atoms in total. The summed E-state index contributed by atoms with van der Waals surface area (Å²) < 4.78 is 2.86. The van der Waals surface area contributed by atoms with Crippen molar-refractivity contribution in [3.8, 4) is 0 Å². The summed E-state index contributed by atoms with van der Waals surface area (Å²) in [5.41, 5.74) is 3.95. The zero-order chi connectivity index (χ0) is 12.1. The minimum Gasteiger partial charge on any atom is -0.271 e. The summed E-state index contributed by atoms with van der Waals surface area (Å²) in [6.07, 6.45) is 2.97. The predicted molar refractivity (Wildman–Crippen MR) is 73.2 cm³/mol. The lowest BCUT2D eigenvalue weighted by molar-refractivity contribution is 0.552. The molecule has 0 amide bonds. The fourth-order valence-corrected chi connectivity index (χ4v) is 3.03. The van der Waals surface area contributed by atoms with Crippen molar-refractivity contribution >= 4 is 27.7 Å². The third-order valence-corrected chi connectivity index (χ3v) is 4.63. The molecular formula is C10H19BrN4S. The van der Waals surface area contributed by atoms with Gasteiger partial charge in [0.15, 0.2) is 0 Å². The number of aromatic nitrogens is 2. The zero-order valence-corrected chi connectivity index (χ0v) is 12.3. The third kappa shape index (κ3) is 3.48. The molecule has 0 radical (unpaired) electrons. The van der Waals surface area contributed by atoms with Gasteiger partial charge in [0.2, 0.25) is 0 Å². The van der Waals surface area contributed by atoms with Crippen LogP contribution in [0, 0.1) is 0 Å². The molecule has 0 aromatic carbocycles. The summed E-state index contributed by atoms with van der Waals surface area (Å²) in [5.74, 6) is 6.55. The van der Waals surface area contributed by atoms with Crippen LogP contribution in [0.5, 0.6) is 0 Å². The van der Waals surface area contributed by atoms with Gasteiger partial charge in [-0.25, -0.2) is 0 Å². The van der Waals surface area contributed by atoms with Gasteiger partial charge in [0.05, 0.1) is 22.4 Å². The molecular weight excluding hydrogens is 288 g/mol. The number of aryl methyl sites for hydroxylation is 1. The molecule has 0 saturated carbocycles. The van der Waals surface area contributed by atoms with Crippen molar-refractivity contribution < 1.29 is 0 Å². The van der Waals surface area contributed by atoms with Crippen LogP contribution in [0.15, 0.2) is 10.7 Å². The molecule has 0 aliphatic rings. The van der Waals surface area contributed by atoms with E-state index in [1.54, 1.807) is 6.20 Å². The van der Waals surface area contributed by atoms with E-state index in [0.717, 1.165) is 15.9 Å². The Bertz CT molecular complexity index is 309. The molecule has 0 bridgehead atoms. The lowest BCUT2D eigenvalue weighted by Gasteiger charge is -2.18. The highest BCUT2D eigenvalue weighted by Gasteiger charge is 2.18. The fourth-order valence-electron chi connectivity index (χ4n) is 1.40. The van der Waals surface area contributed by atoms with Crippen LogP contribution in [-0.4, -0.2) is 20.8 Å². The van der Waals surface area contributed by atoms with Gasteiger partial charge in [0.25, 0.3) is 0 Å². The topological polar surface area (TPSA) is 55.9 Å². The minimum absolute atomic E-state index is 0.126. The van der Waals surface area contributed by atoms with Crippen LogP contribution in [-0.2, 0) is 7.05 Å². The van der Waals surface area contributed by atoms with Crippen LogP contribution >= 0.6 is 27.7 Å². The summed E-state index contributed by atoms with van der Waals surface area (Å²) in [4.78, 5) is 0. The molecule has 1 heterocycles. The molecule has 2 unspecified atom stereocenters. The Balaban J connectivity index is 2.67. The normalized spacial score (nSPS) is 15.1. The highest BCUT2D eigenvalue weighted by molar-refractivity contribution is 9.10. The number of hydrogen-bond donors (Lipinski definition) is 2. The number of nitrogens with zero attached hydrogens (tertiary/aromatic N) is 2. The van der Waals surface area contributed by atoms with Crippen molar-refractivity contribution in [3.05, 3.63) is 16.4 Å². The number of halogens is 1. The van der Waals surface area contributed by atoms with Crippen molar-refractivity contribution in [2.45, 2.75) is 31.6 Å². The maximum atomic E-state index is 5.60.